The van der Waals surface area contributed by atoms with Crippen LogP contribution in [0.25, 0.3) is 0 Å². The number of fused-ring (bicyclic) bond motifs is 1. The molecule has 4 aromatic rings. The van der Waals surface area contributed by atoms with Gasteiger partial charge >= 0.3 is 0 Å². The minimum Gasteiger partial charge on any atom is -0.328 e. The molecule has 0 spiro atoms. The average molecular weight is 530 g/mol. The number of rotatable bonds is 7. The van der Waals surface area contributed by atoms with Crippen LogP contribution in [0.3, 0.4) is 0 Å². The molecule has 1 atom stereocenters. The molecule has 9 heteroatoms. The van der Waals surface area contributed by atoms with Gasteiger partial charge in [0.1, 0.15) is 6.04 Å². The molecular formula is C28H24ClN5O2S. The number of ketones is 1. The number of thioether (sulfide) groups is 1. The van der Waals surface area contributed by atoms with Crippen LogP contribution in [0, 0.1) is 6.92 Å². The van der Waals surface area contributed by atoms with Crippen molar-refractivity contribution >= 4 is 46.7 Å². The number of para-hydroxylation sites is 1. The number of halogens is 1. The summed E-state index contributed by atoms with van der Waals surface area (Å²) < 4.78 is 1.68. The monoisotopic (exact) mass is 529 g/mol. The van der Waals surface area contributed by atoms with E-state index in [1.807, 2.05) is 86.6 Å². The van der Waals surface area contributed by atoms with E-state index in [0.29, 0.717) is 38.6 Å². The van der Waals surface area contributed by atoms with Crippen LogP contribution in [0.15, 0.2) is 95.3 Å². The number of anilines is 2. The van der Waals surface area contributed by atoms with Crippen LogP contribution in [0.5, 0.6) is 0 Å². The first-order valence-corrected chi connectivity index (χ1v) is 13.0. The number of amides is 1. The fourth-order valence-electron chi connectivity index (χ4n) is 4.14. The summed E-state index contributed by atoms with van der Waals surface area (Å²) >= 11 is 7.58. The number of allylic oxidation sites excluding steroid dienone is 1. The highest BCUT2D eigenvalue weighted by atomic mass is 35.5. The summed E-state index contributed by atoms with van der Waals surface area (Å²) in [5.74, 6) is 0.423. The molecule has 0 unspecified atom stereocenters. The zero-order chi connectivity index (χ0) is 25.9. The summed E-state index contributed by atoms with van der Waals surface area (Å²) in [5.41, 5.74) is 4.38. The molecule has 1 aliphatic heterocycles. The van der Waals surface area contributed by atoms with Crippen molar-refractivity contribution < 1.29 is 9.59 Å². The Balaban J connectivity index is 1.45. The molecule has 186 valence electrons. The average Bonchev–Trinajstić information content (AvgIpc) is 3.29. The molecule has 37 heavy (non-hydrogen) atoms. The highest BCUT2D eigenvalue weighted by Gasteiger charge is 2.34. The summed E-state index contributed by atoms with van der Waals surface area (Å²) in [5, 5.41) is 11.9. The first kappa shape index (κ1) is 24.8. The Hall–Kier alpha value is -3.88. The number of aryl methyl sites for hydroxylation is 1. The molecule has 0 fully saturated rings. The molecule has 2 heterocycles. The minimum absolute atomic E-state index is 0.00523. The number of hydrogen-bond acceptors (Lipinski definition) is 6. The zero-order valence-electron chi connectivity index (χ0n) is 20.2. The molecule has 1 aliphatic rings. The van der Waals surface area contributed by atoms with Crippen LogP contribution in [-0.2, 0) is 4.79 Å². The maximum Gasteiger partial charge on any atom is 0.255 e. The Kier molecular flexibility index (Phi) is 7.12. The van der Waals surface area contributed by atoms with Crippen LogP contribution in [0.2, 0.25) is 5.02 Å². The van der Waals surface area contributed by atoms with E-state index >= 15 is 0 Å². The van der Waals surface area contributed by atoms with Gasteiger partial charge in [-0.05, 0) is 43.7 Å². The van der Waals surface area contributed by atoms with Gasteiger partial charge in [0.25, 0.3) is 5.91 Å². The highest BCUT2D eigenvalue weighted by Crippen LogP contribution is 2.37. The minimum atomic E-state index is -0.562. The van der Waals surface area contributed by atoms with Gasteiger partial charge in [0, 0.05) is 22.0 Å². The summed E-state index contributed by atoms with van der Waals surface area (Å²) in [6.07, 6.45) is 0. The van der Waals surface area contributed by atoms with E-state index in [1.54, 1.807) is 10.7 Å². The van der Waals surface area contributed by atoms with E-state index in [9.17, 15) is 9.59 Å². The normalized spacial score (nSPS) is 14.6. The van der Waals surface area contributed by atoms with Crippen molar-refractivity contribution in [3.63, 3.8) is 0 Å². The molecule has 5 rings (SSSR count). The molecule has 2 N–H and O–H groups in total. The number of nitrogens with one attached hydrogen (secondary N) is 2. The standard InChI is InChI=1S/C28H24ClN5O2S/c1-17-11-13-19(14-12-17)23(35)16-37-28-32-27-30-18(2)24(26(36)31-22-9-4-3-5-10-22)25(34(27)33-28)20-7-6-8-21(29)15-20/h3-15,25H,16H2,1-2H3,(H,31,36)(H,30,32,33)/t25-/m1/s1. The third-order valence-corrected chi connectivity index (χ3v) is 7.05. The second-order valence-corrected chi connectivity index (χ2v) is 10.1. The molecule has 7 nitrogen and oxygen atoms in total. The van der Waals surface area contributed by atoms with Crippen LogP contribution < -0.4 is 10.6 Å². The van der Waals surface area contributed by atoms with Gasteiger partial charge in [0.15, 0.2) is 5.78 Å². The van der Waals surface area contributed by atoms with E-state index in [1.165, 1.54) is 11.8 Å². The lowest BCUT2D eigenvalue weighted by molar-refractivity contribution is -0.113. The van der Waals surface area contributed by atoms with Crippen LogP contribution >= 0.6 is 23.4 Å². The quantitative estimate of drug-likeness (QED) is 0.221. The topological polar surface area (TPSA) is 88.9 Å². The molecule has 0 radical (unpaired) electrons. The fourth-order valence-corrected chi connectivity index (χ4v) is 5.07. The van der Waals surface area contributed by atoms with Crippen LogP contribution in [0.1, 0.15) is 34.5 Å². The lowest BCUT2D eigenvalue weighted by Crippen LogP contribution is -2.31. The van der Waals surface area contributed by atoms with Crippen molar-refractivity contribution in [1.82, 2.24) is 14.8 Å². The number of Topliss-reactive ketones (excluding diaryl/α,β-unsaturated/α-hetero) is 1. The van der Waals surface area contributed by atoms with Crippen LogP contribution in [-0.4, -0.2) is 32.2 Å². The number of benzene rings is 3. The van der Waals surface area contributed by atoms with Gasteiger partial charge in [0.05, 0.1) is 11.3 Å². The summed E-state index contributed by atoms with van der Waals surface area (Å²) in [7, 11) is 0. The SMILES string of the molecule is CC1=C(C(=O)Nc2ccccc2)[C@@H](c2cccc(Cl)c2)n2nc(SCC(=O)c3ccc(C)cc3)nc2N1. The van der Waals surface area contributed by atoms with Crippen molar-refractivity contribution in [3.8, 4) is 0 Å². The predicted octanol–water partition coefficient (Wildman–Crippen LogP) is 6.14. The third-order valence-electron chi connectivity index (χ3n) is 5.98. The largest absolute Gasteiger partial charge is 0.328 e. The molecule has 0 saturated carbocycles. The number of nitrogens with zero attached hydrogens (tertiary/aromatic N) is 3. The first-order chi connectivity index (χ1) is 17.9. The van der Waals surface area contributed by atoms with Gasteiger partial charge in [-0.3, -0.25) is 9.59 Å². The van der Waals surface area contributed by atoms with Gasteiger partial charge in [-0.1, -0.05) is 83.5 Å². The maximum atomic E-state index is 13.5. The second kappa shape index (κ2) is 10.6. The Morgan fingerprint density at radius 2 is 1.78 bits per heavy atom. The molecule has 0 aliphatic carbocycles. The summed E-state index contributed by atoms with van der Waals surface area (Å²) in [6.45, 7) is 3.82. The highest BCUT2D eigenvalue weighted by molar-refractivity contribution is 7.99. The first-order valence-electron chi connectivity index (χ1n) is 11.7. The Morgan fingerprint density at radius 3 is 2.51 bits per heavy atom. The number of carbonyl (C=O) groups excluding carboxylic acids is 2. The lowest BCUT2D eigenvalue weighted by Gasteiger charge is -2.28. The van der Waals surface area contributed by atoms with Gasteiger partial charge in [0.2, 0.25) is 11.1 Å². The molecular weight excluding hydrogens is 506 g/mol. The molecule has 1 aromatic heterocycles. The number of carbonyl (C=O) groups is 2. The van der Waals surface area contributed by atoms with Crippen molar-refractivity contribution in [2.24, 2.45) is 0 Å². The fraction of sp³-hybridized carbons (Fsp3) is 0.143. The van der Waals surface area contributed by atoms with Crippen LogP contribution in [0.4, 0.5) is 11.6 Å². The Bertz CT molecular complexity index is 1500. The van der Waals surface area contributed by atoms with Gasteiger partial charge < -0.3 is 10.6 Å². The third kappa shape index (κ3) is 5.45. The number of aromatic nitrogens is 3. The van der Waals surface area contributed by atoms with Crippen molar-refractivity contribution in [3.05, 3.63) is 112 Å². The van der Waals surface area contributed by atoms with Crippen molar-refractivity contribution in [2.45, 2.75) is 25.0 Å². The van der Waals surface area contributed by atoms with Gasteiger partial charge in [-0.15, -0.1) is 5.10 Å². The Labute approximate surface area is 224 Å². The van der Waals surface area contributed by atoms with E-state index in [0.717, 1.165) is 11.1 Å². The maximum absolute atomic E-state index is 13.5. The van der Waals surface area contributed by atoms with E-state index < -0.39 is 6.04 Å². The van der Waals surface area contributed by atoms with E-state index in [4.69, 9.17) is 11.6 Å². The molecule has 3 aromatic carbocycles. The van der Waals surface area contributed by atoms with Gasteiger partial charge in [-0.25, -0.2) is 4.68 Å². The number of hydrogen-bond donors (Lipinski definition) is 2. The molecule has 0 saturated heterocycles. The Morgan fingerprint density at radius 1 is 1.03 bits per heavy atom. The molecule has 0 bridgehead atoms. The van der Waals surface area contributed by atoms with E-state index in [-0.39, 0.29) is 17.4 Å². The molecule has 1 amide bonds. The van der Waals surface area contributed by atoms with Crippen molar-refractivity contribution in [2.75, 3.05) is 16.4 Å². The smallest absolute Gasteiger partial charge is 0.255 e. The summed E-state index contributed by atoms with van der Waals surface area (Å²) in [6, 6.07) is 23.6. The van der Waals surface area contributed by atoms with Crippen molar-refractivity contribution in [1.29, 1.82) is 0 Å². The van der Waals surface area contributed by atoms with E-state index in [2.05, 4.69) is 20.7 Å². The lowest BCUT2D eigenvalue weighted by atomic mass is 9.95. The predicted molar refractivity (Wildman–Crippen MR) is 147 cm³/mol. The van der Waals surface area contributed by atoms with Gasteiger partial charge in [-0.2, -0.15) is 4.98 Å². The second-order valence-electron chi connectivity index (χ2n) is 8.68. The zero-order valence-corrected chi connectivity index (χ0v) is 21.8. The summed E-state index contributed by atoms with van der Waals surface area (Å²) in [4.78, 5) is 30.8.